The minimum atomic E-state index is -0.429. The van der Waals surface area contributed by atoms with Crippen molar-refractivity contribution in [3.8, 4) is 5.75 Å². The lowest BCUT2D eigenvalue weighted by molar-refractivity contribution is -0.0445. The van der Waals surface area contributed by atoms with Crippen molar-refractivity contribution in [2.45, 2.75) is 44.8 Å². The van der Waals surface area contributed by atoms with Crippen LogP contribution in [0.25, 0.3) is 0 Å². The summed E-state index contributed by atoms with van der Waals surface area (Å²) in [5.41, 5.74) is 1.21. The number of rotatable bonds is 5. The van der Waals surface area contributed by atoms with E-state index >= 15 is 0 Å². The smallest absolute Gasteiger partial charge is 0.122 e. The summed E-state index contributed by atoms with van der Waals surface area (Å²) >= 11 is 0. The third-order valence-corrected chi connectivity index (χ3v) is 3.92. The molecule has 0 spiro atoms. The average molecular weight is 264 g/mol. The number of para-hydroxylation sites is 1. The highest BCUT2D eigenvalue weighted by molar-refractivity contribution is 5.37. The molecule has 1 aromatic carbocycles. The second-order valence-corrected chi connectivity index (χ2v) is 5.62. The van der Waals surface area contributed by atoms with Crippen LogP contribution >= 0.6 is 0 Å². The molecule has 0 aromatic heterocycles. The van der Waals surface area contributed by atoms with Crippen LogP contribution in [0, 0.1) is 5.92 Å². The zero-order valence-corrected chi connectivity index (χ0v) is 12.0. The van der Waals surface area contributed by atoms with Gasteiger partial charge in [-0.2, -0.15) is 0 Å². The SMILES string of the molecule is COC(C(C)C)C(O)CC1CCOc2ccccc21. The molecule has 3 heteroatoms. The lowest BCUT2D eigenvalue weighted by Crippen LogP contribution is -2.34. The van der Waals surface area contributed by atoms with Gasteiger partial charge in [0, 0.05) is 7.11 Å². The first kappa shape index (κ1) is 14.4. The molecule has 3 nitrogen and oxygen atoms in total. The van der Waals surface area contributed by atoms with E-state index < -0.39 is 6.10 Å². The molecular weight excluding hydrogens is 240 g/mol. The minimum Gasteiger partial charge on any atom is -0.493 e. The normalized spacial score (nSPS) is 21.6. The summed E-state index contributed by atoms with van der Waals surface area (Å²) in [7, 11) is 1.67. The van der Waals surface area contributed by atoms with Crippen molar-refractivity contribution in [2.75, 3.05) is 13.7 Å². The van der Waals surface area contributed by atoms with Crippen LogP contribution in [-0.4, -0.2) is 31.0 Å². The van der Waals surface area contributed by atoms with Crippen LogP contribution < -0.4 is 4.74 Å². The van der Waals surface area contributed by atoms with E-state index in [1.165, 1.54) is 5.56 Å². The van der Waals surface area contributed by atoms with Crippen molar-refractivity contribution in [2.24, 2.45) is 5.92 Å². The van der Waals surface area contributed by atoms with Crippen molar-refractivity contribution in [3.05, 3.63) is 29.8 Å². The Bertz CT molecular complexity index is 403. The van der Waals surface area contributed by atoms with Crippen molar-refractivity contribution in [1.82, 2.24) is 0 Å². The van der Waals surface area contributed by atoms with Gasteiger partial charge in [0.05, 0.1) is 18.8 Å². The standard InChI is InChI=1S/C16H24O3/c1-11(2)16(18-3)14(17)10-12-8-9-19-15-7-5-4-6-13(12)15/h4-7,11-12,14,16-17H,8-10H2,1-3H3. The largest absolute Gasteiger partial charge is 0.493 e. The summed E-state index contributed by atoms with van der Waals surface area (Å²) in [6, 6.07) is 8.13. The molecule has 0 radical (unpaired) electrons. The second-order valence-electron chi connectivity index (χ2n) is 5.62. The van der Waals surface area contributed by atoms with Crippen molar-refractivity contribution in [1.29, 1.82) is 0 Å². The molecule has 1 aliphatic heterocycles. The molecule has 0 amide bonds. The first-order valence-electron chi connectivity index (χ1n) is 7.06. The molecule has 1 aromatic rings. The fourth-order valence-electron chi connectivity index (χ4n) is 2.96. The Labute approximate surface area is 115 Å². The number of methoxy groups -OCH3 is 1. The van der Waals surface area contributed by atoms with Gasteiger partial charge in [-0.1, -0.05) is 32.0 Å². The van der Waals surface area contributed by atoms with Gasteiger partial charge in [0.2, 0.25) is 0 Å². The Kier molecular flexibility index (Phi) is 4.83. The summed E-state index contributed by atoms with van der Waals surface area (Å²) < 4.78 is 11.1. The van der Waals surface area contributed by atoms with Crippen LogP contribution in [0.2, 0.25) is 0 Å². The summed E-state index contributed by atoms with van der Waals surface area (Å²) in [6.45, 7) is 4.89. The Morgan fingerprint density at radius 2 is 2.11 bits per heavy atom. The highest BCUT2D eigenvalue weighted by atomic mass is 16.5. The molecule has 0 saturated carbocycles. The molecule has 19 heavy (non-hydrogen) atoms. The third kappa shape index (κ3) is 3.28. The predicted molar refractivity (Wildman–Crippen MR) is 75.6 cm³/mol. The van der Waals surface area contributed by atoms with Crippen LogP contribution in [0.5, 0.6) is 5.75 Å². The summed E-state index contributed by atoms with van der Waals surface area (Å²) in [5, 5.41) is 10.4. The van der Waals surface area contributed by atoms with Crippen LogP contribution in [0.15, 0.2) is 24.3 Å². The molecular formula is C16H24O3. The van der Waals surface area contributed by atoms with E-state index in [2.05, 4.69) is 19.9 Å². The number of aliphatic hydroxyl groups is 1. The monoisotopic (exact) mass is 264 g/mol. The number of benzene rings is 1. The average Bonchev–Trinajstić information content (AvgIpc) is 2.39. The number of hydrogen-bond acceptors (Lipinski definition) is 3. The number of aliphatic hydroxyl groups excluding tert-OH is 1. The van der Waals surface area contributed by atoms with Crippen molar-refractivity contribution in [3.63, 3.8) is 0 Å². The van der Waals surface area contributed by atoms with Gasteiger partial charge in [0.1, 0.15) is 5.75 Å². The molecule has 0 bridgehead atoms. The first-order valence-corrected chi connectivity index (χ1v) is 7.06. The van der Waals surface area contributed by atoms with Gasteiger partial charge in [-0.25, -0.2) is 0 Å². The third-order valence-electron chi connectivity index (χ3n) is 3.92. The fraction of sp³-hybridized carbons (Fsp3) is 0.625. The Hall–Kier alpha value is -1.06. The topological polar surface area (TPSA) is 38.7 Å². The van der Waals surface area contributed by atoms with Crippen LogP contribution in [-0.2, 0) is 4.74 Å². The van der Waals surface area contributed by atoms with Crippen molar-refractivity contribution < 1.29 is 14.6 Å². The van der Waals surface area contributed by atoms with E-state index in [1.54, 1.807) is 7.11 Å². The van der Waals surface area contributed by atoms with Gasteiger partial charge in [-0.05, 0) is 36.3 Å². The Morgan fingerprint density at radius 3 is 2.79 bits per heavy atom. The fourth-order valence-corrected chi connectivity index (χ4v) is 2.96. The lowest BCUT2D eigenvalue weighted by Gasteiger charge is -2.31. The lowest BCUT2D eigenvalue weighted by atomic mass is 9.85. The molecule has 0 saturated heterocycles. The van der Waals surface area contributed by atoms with Crippen LogP contribution in [0.1, 0.15) is 38.2 Å². The molecule has 1 heterocycles. The maximum Gasteiger partial charge on any atom is 0.122 e. The van der Waals surface area contributed by atoms with E-state index in [1.807, 2.05) is 18.2 Å². The number of hydrogen-bond donors (Lipinski definition) is 1. The Morgan fingerprint density at radius 1 is 1.37 bits per heavy atom. The molecule has 0 fully saturated rings. The van der Waals surface area contributed by atoms with Gasteiger partial charge in [-0.15, -0.1) is 0 Å². The molecule has 2 rings (SSSR count). The highest BCUT2D eigenvalue weighted by Gasteiger charge is 2.28. The van der Waals surface area contributed by atoms with Gasteiger partial charge in [-0.3, -0.25) is 0 Å². The second kappa shape index (κ2) is 6.40. The molecule has 106 valence electrons. The van der Waals surface area contributed by atoms with E-state index in [-0.39, 0.29) is 6.10 Å². The summed E-state index contributed by atoms with van der Waals surface area (Å²) in [4.78, 5) is 0. The summed E-state index contributed by atoms with van der Waals surface area (Å²) in [5.74, 6) is 1.64. The summed E-state index contributed by atoms with van der Waals surface area (Å²) in [6.07, 6.45) is 1.16. The molecule has 1 N–H and O–H groups in total. The van der Waals surface area contributed by atoms with E-state index in [0.717, 1.165) is 25.2 Å². The van der Waals surface area contributed by atoms with E-state index in [0.29, 0.717) is 11.8 Å². The predicted octanol–water partition coefficient (Wildman–Crippen LogP) is 2.97. The van der Waals surface area contributed by atoms with Gasteiger partial charge < -0.3 is 14.6 Å². The maximum atomic E-state index is 10.4. The zero-order valence-electron chi connectivity index (χ0n) is 12.0. The van der Waals surface area contributed by atoms with E-state index in [9.17, 15) is 5.11 Å². The first-order chi connectivity index (χ1) is 9.13. The Balaban J connectivity index is 2.08. The van der Waals surface area contributed by atoms with E-state index in [4.69, 9.17) is 9.47 Å². The van der Waals surface area contributed by atoms with Crippen LogP contribution in [0.3, 0.4) is 0 Å². The number of ether oxygens (including phenoxy) is 2. The van der Waals surface area contributed by atoms with Gasteiger partial charge in [0.25, 0.3) is 0 Å². The quantitative estimate of drug-likeness (QED) is 0.888. The maximum absolute atomic E-state index is 10.4. The molecule has 0 aliphatic carbocycles. The highest BCUT2D eigenvalue weighted by Crippen LogP contribution is 2.37. The van der Waals surface area contributed by atoms with Gasteiger partial charge >= 0.3 is 0 Å². The number of fused-ring (bicyclic) bond motifs is 1. The van der Waals surface area contributed by atoms with Gasteiger partial charge in [0.15, 0.2) is 0 Å². The molecule has 1 aliphatic rings. The molecule has 3 unspecified atom stereocenters. The minimum absolute atomic E-state index is 0.102. The molecule has 3 atom stereocenters. The zero-order chi connectivity index (χ0) is 13.8. The van der Waals surface area contributed by atoms with Crippen molar-refractivity contribution >= 4 is 0 Å². The van der Waals surface area contributed by atoms with Crippen LogP contribution in [0.4, 0.5) is 0 Å².